The van der Waals surface area contributed by atoms with Crippen LogP contribution in [0.3, 0.4) is 0 Å². The highest BCUT2D eigenvalue weighted by Crippen LogP contribution is 2.25. The predicted octanol–water partition coefficient (Wildman–Crippen LogP) is 3.98. The summed E-state index contributed by atoms with van der Waals surface area (Å²) < 4.78 is 0. The number of likely N-dealkylation sites (tertiary alicyclic amines) is 1. The molecule has 0 aromatic heterocycles. The van der Waals surface area contributed by atoms with E-state index in [9.17, 15) is 9.59 Å². The van der Waals surface area contributed by atoms with Gasteiger partial charge < -0.3 is 10.2 Å². The van der Waals surface area contributed by atoms with Crippen LogP contribution in [0.5, 0.6) is 0 Å². The number of hydrogen-bond acceptors (Lipinski definition) is 2. The zero-order chi connectivity index (χ0) is 17.1. The summed E-state index contributed by atoms with van der Waals surface area (Å²) in [5.74, 6) is -0.590. The summed E-state index contributed by atoms with van der Waals surface area (Å²) >= 11 is 12.1. The number of halogens is 2. The SMILES string of the molecule is O=C(Nc1cccc(Cl)c1)[C@@H]1CC(=O)N(Cc2ccccc2Cl)C1. The number of nitrogens with zero attached hydrogens (tertiary/aromatic N) is 1. The van der Waals surface area contributed by atoms with Gasteiger partial charge in [0.05, 0.1) is 5.92 Å². The van der Waals surface area contributed by atoms with Crippen molar-refractivity contribution in [2.24, 2.45) is 5.92 Å². The average Bonchev–Trinajstić information content (AvgIpc) is 2.91. The molecule has 0 spiro atoms. The number of anilines is 1. The van der Waals surface area contributed by atoms with Crippen LogP contribution in [-0.4, -0.2) is 23.3 Å². The number of nitrogens with one attached hydrogen (secondary N) is 1. The normalized spacial score (nSPS) is 17.2. The first kappa shape index (κ1) is 16.8. The molecule has 0 aliphatic carbocycles. The fourth-order valence-electron chi connectivity index (χ4n) is 2.74. The van der Waals surface area contributed by atoms with Gasteiger partial charge in [0.1, 0.15) is 0 Å². The molecule has 6 heteroatoms. The molecule has 124 valence electrons. The van der Waals surface area contributed by atoms with E-state index in [4.69, 9.17) is 23.2 Å². The lowest BCUT2D eigenvalue weighted by Gasteiger charge is -2.17. The highest BCUT2D eigenvalue weighted by molar-refractivity contribution is 6.31. The Morgan fingerprint density at radius 1 is 1.17 bits per heavy atom. The molecule has 1 saturated heterocycles. The van der Waals surface area contributed by atoms with E-state index >= 15 is 0 Å². The van der Waals surface area contributed by atoms with Crippen LogP contribution < -0.4 is 5.32 Å². The van der Waals surface area contributed by atoms with Gasteiger partial charge in [-0.05, 0) is 29.8 Å². The van der Waals surface area contributed by atoms with Gasteiger partial charge in [0.25, 0.3) is 0 Å². The third-order valence-corrected chi connectivity index (χ3v) is 4.60. The Kier molecular flexibility index (Phi) is 5.07. The third-order valence-electron chi connectivity index (χ3n) is 4.00. The number of hydrogen-bond donors (Lipinski definition) is 1. The summed E-state index contributed by atoms with van der Waals surface area (Å²) in [4.78, 5) is 26.2. The molecule has 2 aromatic carbocycles. The molecule has 0 saturated carbocycles. The molecule has 24 heavy (non-hydrogen) atoms. The van der Waals surface area contributed by atoms with E-state index < -0.39 is 0 Å². The van der Waals surface area contributed by atoms with Crippen molar-refractivity contribution in [3.05, 3.63) is 64.1 Å². The molecule has 1 aliphatic heterocycles. The molecule has 1 fully saturated rings. The van der Waals surface area contributed by atoms with Crippen molar-refractivity contribution < 1.29 is 9.59 Å². The van der Waals surface area contributed by atoms with Crippen molar-refractivity contribution in [3.8, 4) is 0 Å². The smallest absolute Gasteiger partial charge is 0.229 e. The molecule has 4 nitrogen and oxygen atoms in total. The predicted molar refractivity (Wildman–Crippen MR) is 95.1 cm³/mol. The molecule has 3 rings (SSSR count). The summed E-state index contributed by atoms with van der Waals surface area (Å²) in [5.41, 5.74) is 1.51. The monoisotopic (exact) mass is 362 g/mol. The van der Waals surface area contributed by atoms with Crippen LogP contribution in [0.4, 0.5) is 5.69 Å². The van der Waals surface area contributed by atoms with Gasteiger partial charge in [-0.15, -0.1) is 0 Å². The summed E-state index contributed by atoms with van der Waals surface area (Å²) in [6.07, 6.45) is 0.205. The van der Waals surface area contributed by atoms with Gasteiger partial charge in [-0.1, -0.05) is 47.5 Å². The first-order valence-electron chi connectivity index (χ1n) is 7.60. The number of rotatable bonds is 4. The zero-order valence-corrected chi connectivity index (χ0v) is 14.3. The standard InChI is InChI=1S/C18H16Cl2N2O2/c19-14-5-3-6-15(9-14)21-18(24)13-8-17(23)22(11-13)10-12-4-1-2-7-16(12)20/h1-7,9,13H,8,10-11H2,(H,21,24)/t13-/m1/s1. The Morgan fingerprint density at radius 3 is 2.71 bits per heavy atom. The second-order valence-electron chi connectivity index (χ2n) is 5.77. The minimum Gasteiger partial charge on any atom is -0.337 e. The molecule has 0 bridgehead atoms. The van der Waals surface area contributed by atoms with E-state index in [2.05, 4.69) is 5.32 Å². The van der Waals surface area contributed by atoms with E-state index in [1.165, 1.54) is 0 Å². The summed E-state index contributed by atoms with van der Waals surface area (Å²) in [6, 6.07) is 14.3. The van der Waals surface area contributed by atoms with Crippen molar-refractivity contribution in [2.75, 3.05) is 11.9 Å². The summed E-state index contributed by atoms with van der Waals surface area (Å²) in [6.45, 7) is 0.801. The Labute approximate surface area is 150 Å². The van der Waals surface area contributed by atoms with Crippen molar-refractivity contribution in [1.29, 1.82) is 0 Å². The van der Waals surface area contributed by atoms with Crippen LogP contribution in [0.25, 0.3) is 0 Å². The Morgan fingerprint density at radius 2 is 1.96 bits per heavy atom. The lowest BCUT2D eigenvalue weighted by Crippen LogP contribution is -2.28. The van der Waals surface area contributed by atoms with E-state index in [0.717, 1.165) is 5.56 Å². The van der Waals surface area contributed by atoms with Gasteiger partial charge in [-0.3, -0.25) is 9.59 Å². The lowest BCUT2D eigenvalue weighted by molar-refractivity contribution is -0.128. The number of carbonyl (C=O) groups is 2. The molecule has 1 atom stereocenters. The molecule has 2 amide bonds. The Hall–Kier alpha value is -2.04. The average molecular weight is 363 g/mol. The quantitative estimate of drug-likeness (QED) is 0.893. The largest absolute Gasteiger partial charge is 0.337 e. The zero-order valence-electron chi connectivity index (χ0n) is 12.8. The fraction of sp³-hybridized carbons (Fsp3) is 0.222. The Bertz CT molecular complexity index is 779. The summed E-state index contributed by atoms with van der Waals surface area (Å²) in [5, 5.41) is 3.99. The molecule has 0 radical (unpaired) electrons. The van der Waals surface area contributed by atoms with Crippen molar-refractivity contribution in [3.63, 3.8) is 0 Å². The highest BCUT2D eigenvalue weighted by atomic mass is 35.5. The second-order valence-corrected chi connectivity index (χ2v) is 6.61. The molecule has 1 N–H and O–H groups in total. The van der Waals surface area contributed by atoms with E-state index in [1.807, 2.05) is 18.2 Å². The fourth-order valence-corrected chi connectivity index (χ4v) is 3.13. The van der Waals surface area contributed by atoms with Crippen molar-refractivity contribution in [1.82, 2.24) is 4.90 Å². The van der Waals surface area contributed by atoms with Gasteiger partial charge in [0.2, 0.25) is 11.8 Å². The van der Waals surface area contributed by atoms with Crippen LogP contribution >= 0.6 is 23.2 Å². The minimum absolute atomic E-state index is 0.0406. The first-order chi connectivity index (χ1) is 11.5. The van der Waals surface area contributed by atoms with Gasteiger partial charge >= 0.3 is 0 Å². The van der Waals surface area contributed by atoms with Crippen LogP contribution in [0.2, 0.25) is 10.0 Å². The van der Waals surface area contributed by atoms with Crippen molar-refractivity contribution in [2.45, 2.75) is 13.0 Å². The maximum Gasteiger partial charge on any atom is 0.229 e. The molecule has 1 aliphatic rings. The van der Waals surface area contributed by atoms with E-state index in [-0.39, 0.29) is 24.2 Å². The van der Waals surface area contributed by atoms with E-state index in [0.29, 0.717) is 28.8 Å². The topological polar surface area (TPSA) is 49.4 Å². The number of carbonyl (C=O) groups excluding carboxylic acids is 2. The molecule has 0 unspecified atom stereocenters. The second kappa shape index (κ2) is 7.24. The maximum absolute atomic E-state index is 12.4. The summed E-state index contributed by atoms with van der Waals surface area (Å²) in [7, 11) is 0. The Balaban J connectivity index is 1.64. The van der Waals surface area contributed by atoms with Crippen molar-refractivity contribution >= 4 is 40.7 Å². The molecular formula is C18H16Cl2N2O2. The molecular weight excluding hydrogens is 347 g/mol. The molecule has 1 heterocycles. The van der Waals surface area contributed by atoms with Crippen LogP contribution in [-0.2, 0) is 16.1 Å². The van der Waals surface area contributed by atoms with Gasteiger partial charge in [0.15, 0.2) is 0 Å². The van der Waals surface area contributed by atoms with Gasteiger partial charge in [0, 0.05) is 35.2 Å². The third kappa shape index (κ3) is 3.89. The molecule has 2 aromatic rings. The van der Waals surface area contributed by atoms with Gasteiger partial charge in [-0.2, -0.15) is 0 Å². The van der Waals surface area contributed by atoms with Crippen LogP contribution in [0.15, 0.2) is 48.5 Å². The highest BCUT2D eigenvalue weighted by Gasteiger charge is 2.34. The van der Waals surface area contributed by atoms with Gasteiger partial charge in [-0.25, -0.2) is 0 Å². The maximum atomic E-state index is 12.4. The van der Waals surface area contributed by atoms with Crippen LogP contribution in [0, 0.1) is 5.92 Å². The minimum atomic E-state index is -0.376. The number of amides is 2. The number of benzene rings is 2. The van der Waals surface area contributed by atoms with Crippen LogP contribution in [0.1, 0.15) is 12.0 Å². The first-order valence-corrected chi connectivity index (χ1v) is 8.36. The van der Waals surface area contributed by atoms with E-state index in [1.54, 1.807) is 35.2 Å². The lowest BCUT2D eigenvalue weighted by atomic mass is 10.1.